The third-order valence-corrected chi connectivity index (χ3v) is 4.40. The molecule has 0 spiro atoms. The highest BCUT2D eigenvalue weighted by Gasteiger charge is 2.11. The fourth-order valence-electron chi connectivity index (χ4n) is 2.75. The van der Waals surface area contributed by atoms with Gasteiger partial charge in [0.25, 0.3) is 0 Å². The predicted octanol–water partition coefficient (Wildman–Crippen LogP) is 3.44. The minimum atomic E-state index is 0.359. The molecule has 0 aliphatic rings. The molecule has 0 fully saturated rings. The summed E-state index contributed by atoms with van der Waals surface area (Å²) in [6.07, 6.45) is 0. The van der Waals surface area contributed by atoms with E-state index in [1.807, 2.05) is 36.4 Å². The van der Waals surface area contributed by atoms with Crippen molar-refractivity contribution in [1.29, 1.82) is 0 Å². The molecule has 0 unspecified atom stereocenters. The van der Waals surface area contributed by atoms with Crippen LogP contribution in [0.3, 0.4) is 0 Å². The van der Waals surface area contributed by atoms with Crippen LogP contribution < -0.4 is 0 Å². The molecule has 2 N–H and O–H groups in total. The van der Waals surface area contributed by atoms with Crippen molar-refractivity contribution in [3.05, 3.63) is 59.7 Å². The molecular formula is C20H28N2O2. The maximum Gasteiger partial charge on any atom is 0.120 e. The molecule has 2 rings (SSSR count). The highest BCUT2D eigenvalue weighted by molar-refractivity contribution is 5.32. The van der Waals surface area contributed by atoms with Crippen molar-refractivity contribution in [3.8, 4) is 11.5 Å². The standard InChI is InChI=1S/C20H28N2O2/c1-3-21(15-17-9-5-7-11-19(17)23)13-14-22(4-2)16-18-10-6-8-12-20(18)24/h5-12,23-24H,3-4,13-16H2,1-2H3. The lowest BCUT2D eigenvalue weighted by molar-refractivity contribution is 0.202. The third kappa shape index (κ3) is 5.25. The van der Waals surface area contributed by atoms with Crippen LogP contribution in [0, 0.1) is 0 Å². The average Bonchev–Trinajstić information content (AvgIpc) is 2.60. The molecule has 0 bridgehead atoms. The predicted molar refractivity (Wildman–Crippen MR) is 98.1 cm³/mol. The van der Waals surface area contributed by atoms with E-state index in [2.05, 4.69) is 23.6 Å². The molecule has 0 saturated carbocycles. The Bertz CT molecular complexity index is 575. The molecule has 4 nitrogen and oxygen atoms in total. The Morgan fingerprint density at radius 3 is 1.38 bits per heavy atom. The van der Waals surface area contributed by atoms with E-state index in [0.29, 0.717) is 11.5 Å². The largest absolute Gasteiger partial charge is 0.508 e. The van der Waals surface area contributed by atoms with Gasteiger partial charge in [0.05, 0.1) is 0 Å². The van der Waals surface area contributed by atoms with Crippen molar-refractivity contribution in [1.82, 2.24) is 9.80 Å². The number of para-hydroxylation sites is 2. The number of hydrogen-bond donors (Lipinski definition) is 2. The Balaban J connectivity index is 1.91. The fraction of sp³-hybridized carbons (Fsp3) is 0.400. The van der Waals surface area contributed by atoms with Crippen LogP contribution in [-0.4, -0.2) is 46.2 Å². The number of nitrogens with zero attached hydrogens (tertiary/aromatic N) is 2. The number of rotatable bonds is 9. The van der Waals surface area contributed by atoms with E-state index in [-0.39, 0.29) is 0 Å². The molecule has 4 heteroatoms. The molecule has 130 valence electrons. The van der Waals surface area contributed by atoms with Gasteiger partial charge in [0.1, 0.15) is 11.5 Å². The van der Waals surface area contributed by atoms with Crippen molar-refractivity contribution >= 4 is 0 Å². The van der Waals surface area contributed by atoms with Crippen LogP contribution in [0.15, 0.2) is 48.5 Å². The van der Waals surface area contributed by atoms with E-state index in [4.69, 9.17) is 0 Å². The summed E-state index contributed by atoms with van der Waals surface area (Å²) in [7, 11) is 0. The zero-order chi connectivity index (χ0) is 17.4. The summed E-state index contributed by atoms with van der Waals surface area (Å²) >= 11 is 0. The molecule has 0 aromatic heterocycles. The van der Waals surface area contributed by atoms with Gasteiger partial charge in [-0.1, -0.05) is 50.2 Å². The molecule has 2 aromatic carbocycles. The number of phenolic OH excluding ortho intramolecular Hbond substituents is 2. The summed E-state index contributed by atoms with van der Waals surface area (Å²) in [5, 5.41) is 19.9. The molecule has 24 heavy (non-hydrogen) atoms. The fourth-order valence-corrected chi connectivity index (χ4v) is 2.75. The molecule has 0 radical (unpaired) electrons. The van der Waals surface area contributed by atoms with Crippen molar-refractivity contribution in [3.63, 3.8) is 0 Å². The Morgan fingerprint density at radius 2 is 1.04 bits per heavy atom. The highest BCUT2D eigenvalue weighted by atomic mass is 16.3. The lowest BCUT2D eigenvalue weighted by Gasteiger charge is -2.26. The number of phenols is 2. The number of aromatic hydroxyl groups is 2. The van der Waals surface area contributed by atoms with Crippen molar-refractivity contribution < 1.29 is 10.2 Å². The SMILES string of the molecule is CCN(CCN(CC)Cc1ccccc1O)Cc1ccccc1O. The molecule has 0 amide bonds. The Hall–Kier alpha value is -2.04. The number of likely N-dealkylation sites (N-methyl/N-ethyl adjacent to an activating group) is 2. The first kappa shape index (κ1) is 18.3. The van der Waals surface area contributed by atoms with Crippen LogP contribution in [-0.2, 0) is 13.1 Å². The average molecular weight is 328 g/mol. The molecular weight excluding hydrogens is 300 g/mol. The van der Waals surface area contributed by atoms with Crippen LogP contribution in [0.4, 0.5) is 0 Å². The smallest absolute Gasteiger partial charge is 0.120 e. The Morgan fingerprint density at radius 1 is 0.667 bits per heavy atom. The van der Waals surface area contributed by atoms with Crippen LogP contribution in [0.2, 0.25) is 0 Å². The Kier molecular flexibility index (Phi) is 7.09. The molecule has 0 heterocycles. The van der Waals surface area contributed by atoms with Gasteiger partial charge in [-0.2, -0.15) is 0 Å². The first-order valence-corrected chi connectivity index (χ1v) is 8.62. The van der Waals surface area contributed by atoms with Gasteiger partial charge in [0, 0.05) is 37.3 Å². The van der Waals surface area contributed by atoms with E-state index in [1.54, 1.807) is 12.1 Å². The van der Waals surface area contributed by atoms with E-state index in [1.165, 1.54) is 0 Å². The van der Waals surface area contributed by atoms with Crippen LogP contribution in [0.25, 0.3) is 0 Å². The molecule has 0 aliphatic heterocycles. The summed E-state index contributed by atoms with van der Waals surface area (Å²) in [5.41, 5.74) is 1.92. The van der Waals surface area contributed by atoms with Gasteiger partial charge in [-0.05, 0) is 25.2 Å². The van der Waals surface area contributed by atoms with Gasteiger partial charge < -0.3 is 10.2 Å². The lowest BCUT2D eigenvalue weighted by Crippen LogP contribution is -2.34. The molecule has 2 aromatic rings. The molecule has 0 aliphatic carbocycles. The summed E-state index contributed by atoms with van der Waals surface area (Å²) in [5.74, 6) is 0.718. The van der Waals surface area contributed by atoms with E-state index in [9.17, 15) is 10.2 Å². The van der Waals surface area contributed by atoms with Crippen LogP contribution in [0.1, 0.15) is 25.0 Å². The summed E-state index contributed by atoms with van der Waals surface area (Å²) in [4.78, 5) is 4.64. The van der Waals surface area contributed by atoms with Gasteiger partial charge in [-0.15, -0.1) is 0 Å². The normalized spacial score (nSPS) is 11.3. The van der Waals surface area contributed by atoms with E-state index in [0.717, 1.165) is 50.4 Å². The third-order valence-electron chi connectivity index (χ3n) is 4.40. The topological polar surface area (TPSA) is 46.9 Å². The second kappa shape index (κ2) is 9.30. The van der Waals surface area contributed by atoms with E-state index < -0.39 is 0 Å². The Labute approximate surface area is 145 Å². The lowest BCUT2D eigenvalue weighted by atomic mass is 10.1. The summed E-state index contributed by atoms with van der Waals surface area (Å²) in [6.45, 7) is 9.48. The highest BCUT2D eigenvalue weighted by Crippen LogP contribution is 2.19. The van der Waals surface area contributed by atoms with Crippen LogP contribution in [0.5, 0.6) is 11.5 Å². The second-order valence-corrected chi connectivity index (χ2v) is 5.99. The molecule has 0 saturated heterocycles. The van der Waals surface area contributed by atoms with Gasteiger partial charge in [-0.25, -0.2) is 0 Å². The maximum atomic E-state index is 9.94. The van der Waals surface area contributed by atoms with Crippen molar-refractivity contribution in [2.45, 2.75) is 26.9 Å². The number of hydrogen-bond acceptors (Lipinski definition) is 4. The van der Waals surface area contributed by atoms with Gasteiger partial charge in [0.2, 0.25) is 0 Å². The van der Waals surface area contributed by atoms with Gasteiger partial charge in [0.15, 0.2) is 0 Å². The monoisotopic (exact) mass is 328 g/mol. The summed E-state index contributed by atoms with van der Waals surface area (Å²) in [6, 6.07) is 15.0. The summed E-state index contributed by atoms with van der Waals surface area (Å²) < 4.78 is 0. The quantitative estimate of drug-likeness (QED) is 0.740. The zero-order valence-electron chi connectivity index (χ0n) is 14.7. The maximum absolute atomic E-state index is 9.94. The van der Waals surface area contributed by atoms with Gasteiger partial charge in [-0.3, -0.25) is 9.80 Å². The van der Waals surface area contributed by atoms with Crippen LogP contribution >= 0.6 is 0 Å². The first-order valence-electron chi connectivity index (χ1n) is 8.62. The number of benzene rings is 2. The van der Waals surface area contributed by atoms with Gasteiger partial charge >= 0.3 is 0 Å². The van der Waals surface area contributed by atoms with Crippen molar-refractivity contribution in [2.75, 3.05) is 26.2 Å². The zero-order valence-corrected chi connectivity index (χ0v) is 14.7. The van der Waals surface area contributed by atoms with Crippen molar-refractivity contribution in [2.24, 2.45) is 0 Å². The minimum absolute atomic E-state index is 0.359. The molecule has 0 atom stereocenters. The second-order valence-electron chi connectivity index (χ2n) is 5.99. The minimum Gasteiger partial charge on any atom is -0.508 e. The van der Waals surface area contributed by atoms with E-state index >= 15 is 0 Å². The first-order chi connectivity index (χ1) is 11.6.